The van der Waals surface area contributed by atoms with E-state index in [4.69, 9.17) is 15.0 Å². The van der Waals surface area contributed by atoms with Gasteiger partial charge in [-0.15, -0.1) is 0 Å². The number of nitrogens with zero attached hydrogens (tertiary/aromatic N) is 5. The Bertz CT molecular complexity index is 4250. The summed E-state index contributed by atoms with van der Waals surface area (Å²) < 4.78 is 4.80. The van der Waals surface area contributed by atoms with E-state index in [9.17, 15) is 0 Å². The molecule has 3 aromatic heterocycles. The van der Waals surface area contributed by atoms with E-state index < -0.39 is 8.07 Å². The molecule has 0 spiro atoms. The molecule has 0 unspecified atom stereocenters. The lowest BCUT2D eigenvalue weighted by Gasteiger charge is -2.42. The summed E-state index contributed by atoms with van der Waals surface area (Å²) >= 11 is 0. The summed E-state index contributed by atoms with van der Waals surface area (Å²) in [5, 5.41) is 10.0. The molecular formula is C72H65N5Si. The molecule has 0 bridgehead atoms. The van der Waals surface area contributed by atoms with Gasteiger partial charge in [-0.2, -0.15) is 9.97 Å². The SMILES string of the molecule is CC1(C)CCC(C)(C)c2cc3c(cc21)c1ccccc1n3-c1cccc(-c2nc(-c3ccccc3[Si](c3ccccc3)(c3ccccc3)c3ccccc3)nc(-n3c4ccccc4c4cc5c(cc43)C(C)(C)CC5(C)C)n2)c1. The van der Waals surface area contributed by atoms with E-state index in [1.165, 1.54) is 82.0 Å². The Labute approximate surface area is 459 Å². The molecule has 3 heterocycles. The summed E-state index contributed by atoms with van der Waals surface area (Å²) in [6.07, 6.45) is 3.39. The van der Waals surface area contributed by atoms with E-state index in [1.807, 2.05) is 0 Å². The Kier molecular flexibility index (Phi) is 10.8. The van der Waals surface area contributed by atoms with Crippen LogP contribution in [-0.4, -0.2) is 32.2 Å². The fourth-order valence-electron chi connectivity index (χ4n) is 14.5. The van der Waals surface area contributed by atoms with Crippen molar-refractivity contribution in [2.24, 2.45) is 0 Å². The van der Waals surface area contributed by atoms with Gasteiger partial charge in [-0.05, 0) is 132 Å². The molecule has 0 atom stereocenters. The summed E-state index contributed by atoms with van der Waals surface area (Å²) in [6, 6.07) is 79.0. The smallest absolute Gasteiger partial charge is 0.238 e. The topological polar surface area (TPSA) is 48.5 Å². The second-order valence-corrected chi connectivity index (χ2v) is 28.7. The number of fused-ring (bicyclic) bond motifs is 8. The van der Waals surface area contributed by atoms with E-state index in [2.05, 4.69) is 277 Å². The molecule has 0 saturated heterocycles. The Morgan fingerprint density at radius 2 is 0.808 bits per heavy atom. The predicted molar refractivity (Wildman–Crippen MR) is 329 cm³/mol. The van der Waals surface area contributed by atoms with Crippen LogP contribution in [0.4, 0.5) is 0 Å². The zero-order valence-electron chi connectivity index (χ0n) is 46.1. The first-order chi connectivity index (χ1) is 37.6. The number of benzene rings is 9. The zero-order valence-corrected chi connectivity index (χ0v) is 47.1. The summed E-state index contributed by atoms with van der Waals surface area (Å²) in [5.74, 6) is 1.85. The van der Waals surface area contributed by atoms with Crippen molar-refractivity contribution in [2.75, 3.05) is 0 Å². The highest BCUT2D eigenvalue weighted by atomic mass is 28.3. The van der Waals surface area contributed by atoms with Gasteiger partial charge in [-0.25, -0.2) is 4.98 Å². The fourth-order valence-corrected chi connectivity index (χ4v) is 19.4. The van der Waals surface area contributed by atoms with E-state index >= 15 is 0 Å². The standard InChI is InChI=1S/C72H65N5Si/c1-69(2)39-40-70(3,4)59-44-63-55(42-57(59)69)52-33-18-21-36-61(52)76(63)48-26-24-25-47(41-48)66-73-67(75-68(74-66)77-62-37-22-19-34-53(62)56-43-58-60(45-64(56)77)72(7,8)46-71(58,5)6)54-35-20-23-38-65(54)78(49-27-12-9-13-28-49,50-29-14-10-15-30-50)51-31-16-11-17-32-51/h9-38,41-45H,39-40,46H2,1-8H3. The number of hydrogen-bond acceptors (Lipinski definition) is 3. The largest absolute Gasteiger partial charge is 0.309 e. The minimum atomic E-state index is -3.07. The summed E-state index contributed by atoms with van der Waals surface area (Å²) in [5.41, 5.74) is 13.4. The molecule has 0 saturated carbocycles. The molecule has 14 rings (SSSR count). The van der Waals surface area contributed by atoms with Gasteiger partial charge in [0.15, 0.2) is 19.7 Å². The minimum Gasteiger partial charge on any atom is -0.309 e. The summed E-state index contributed by atoms with van der Waals surface area (Å²) in [4.78, 5) is 17.2. The molecule has 0 aliphatic heterocycles. The van der Waals surface area contributed by atoms with E-state index in [0.29, 0.717) is 17.6 Å². The van der Waals surface area contributed by atoms with E-state index in [-0.39, 0.29) is 21.7 Å². The maximum atomic E-state index is 5.76. The van der Waals surface area contributed by atoms with Gasteiger partial charge >= 0.3 is 0 Å². The summed E-state index contributed by atoms with van der Waals surface area (Å²) in [6.45, 7) is 19.3. The van der Waals surface area contributed by atoms with Crippen LogP contribution in [0.3, 0.4) is 0 Å². The first kappa shape index (κ1) is 48.2. The van der Waals surface area contributed by atoms with Crippen LogP contribution in [0, 0.1) is 0 Å². The third-order valence-corrected chi connectivity index (χ3v) is 23.0. The van der Waals surface area contributed by atoms with Gasteiger partial charge in [0.25, 0.3) is 0 Å². The quantitative estimate of drug-likeness (QED) is 0.113. The number of aromatic nitrogens is 5. The average molecular weight is 1030 g/mol. The Hall–Kier alpha value is -8.19. The molecule has 0 radical (unpaired) electrons. The highest BCUT2D eigenvalue weighted by molar-refractivity contribution is 7.20. The van der Waals surface area contributed by atoms with Crippen LogP contribution in [0.2, 0.25) is 0 Å². The van der Waals surface area contributed by atoms with Crippen LogP contribution in [0.15, 0.2) is 212 Å². The first-order valence-corrected chi connectivity index (χ1v) is 29.9. The lowest BCUT2D eigenvalue weighted by atomic mass is 9.63. The van der Waals surface area contributed by atoms with E-state index in [1.54, 1.807) is 0 Å². The van der Waals surface area contributed by atoms with Gasteiger partial charge in [0.1, 0.15) is 0 Å². The van der Waals surface area contributed by atoms with Gasteiger partial charge in [0.2, 0.25) is 5.95 Å². The van der Waals surface area contributed by atoms with Crippen LogP contribution < -0.4 is 20.7 Å². The second-order valence-electron chi connectivity index (χ2n) is 25.0. The summed E-state index contributed by atoms with van der Waals surface area (Å²) in [7, 11) is -3.07. The highest BCUT2D eigenvalue weighted by Crippen LogP contribution is 2.52. The molecule has 2 aliphatic carbocycles. The van der Waals surface area contributed by atoms with Crippen molar-refractivity contribution in [2.45, 2.75) is 96.3 Å². The second kappa shape index (κ2) is 17.4. The molecule has 2 aliphatic rings. The Morgan fingerprint density at radius 3 is 1.38 bits per heavy atom. The van der Waals surface area contributed by atoms with E-state index in [0.717, 1.165) is 40.7 Å². The lowest BCUT2D eigenvalue weighted by Crippen LogP contribution is -2.75. The normalized spacial score (nSPS) is 16.2. The first-order valence-electron chi connectivity index (χ1n) is 27.9. The lowest BCUT2D eigenvalue weighted by molar-refractivity contribution is 0.332. The van der Waals surface area contributed by atoms with Crippen LogP contribution >= 0.6 is 0 Å². The molecule has 6 heteroatoms. The molecule has 0 fully saturated rings. The molecule has 0 amide bonds. The number of rotatable bonds is 8. The third kappa shape index (κ3) is 7.29. The van der Waals surface area contributed by atoms with Crippen molar-refractivity contribution < 1.29 is 0 Å². The fraction of sp³-hybridized carbons (Fsp3) is 0.208. The Morgan fingerprint density at radius 1 is 0.359 bits per heavy atom. The van der Waals surface area contributed by atoms with Crippen molar-refractivity contribution in [1.29, 1.82) is 0 Å². The monoisotopic (exact) mass is 1030 g/mol. The molecule has 78 heavy (non-hydrogen) atoms. The van der Waals surface area contributed by atoms with Crippen LogP contribution in [0.25, 0.3) is 78.0 Å². The van der Waals surface area contributed by atoms with Crippen LogP contribution in [0.1, 0.15) is 96.9 Å². The van der Waals surface area contributed by atoms with Crippen molar-refractivity contribution >= 4 is 72.4 Å². The predicted octanol–water partition coefficient (Wildman–Crippen LogP) is 15.1. The van der Waals surface area contributed by atoms with Crippen LogP contribution in [0.5, 0.6) is 0 Å². The van der Waals surface area contributed by atoms with Crippen molar-refractivity contribution in [3.8, 4) is 34.4 Å². The zero-order chi connectivity index (χ0) is 53.3. The van der Waals surface area contributed by atoms with Gasteiger partial charge in [0, 0.05) is 38.4 Å². The van der Waals surface area contributed by atoms with Crippen LogP contribution in [-0.2, 0) is 21.7 Å². The van der Waals surface area contributed by atoms with Gasteiger partial charge in [-0.1, -0.05) is 219 Å². The van der Waals surface area contributed by atoms with Gasteiger partial charge < -0.3 is 4.57 Å². The maximum Gasteiger partial charge on any atom is 0.238 e. The third-order valence-electron chi connectivity index (χ3n) is 18.2. The number of hydrogen-bond donors (Lipinski definition) is 0. The maximum absolute atomic E-state index is 5.76. The van der Waals surface area contributed by atoms with Crippen molar-refractivity contribution in [3.05, 3.63) is 235 Å². The number of para-hydroxylation sites is 2. The molecule has 9 aromatic carbocycles. The Balaban J connectivity index is 1.06. The highest BCUT2D eigenvalue weighted by Gasteiger charge is 2.45. The molecule has 0 N–H and O–H groups in total. The van der Waals surface area contributed by atoms with Gasteiger partial charge in [0.05, 0.1) is 22.1 Å². The molecule has 382 valence electrons. The molecular weight excluding hydrogens is 963 g/mol. The van der Waals surface area contributed by atoms with Crippen molar-refractivity contribution in [1.82, 2.24) is 24.1 Å². The molecule has 12 aromatic rings. The van der Waals surface area contributed by atoms with Gasteiger partial charge in [-0.3, -0.25) is 4.57 Å². The molecule has 5 nitrogen and oxygen atoms in total. The average Bonchev–Trinajstić information content (AvgIpc) is 4.11. The van der Waals surface area contributed by atoms with Crippen molar-refractivity contribution in [3.63, 3.8) is 0 Å². The minimum absolute atomic E-state index is 0.0125.